The van der Waals surface area contributed by atoms with Crippen molar-refractivity contribution in [3.8, 4) is 0 Å². The molecule has 0 saturated carbocycles. The Morgan fingerprint density at radius 3 is 2.91 bits per heavy atom. The summed E-state index contributed by atoms with van der Waals surface area (Å²) in [4.78, 5) is 9.44. The monoisotopic (exact) mass is 324 g/mol. The SMILES string of the molecule is COCc1nc(CN2CCCCC2CCN2CCOCC2)no1. The summed E-state index contributed by atoms with van der Waals surface area (Å²) in [6, 6.07) is 0.621. The van der Waals surface area contributed by atoms with Crippen LogP contribution in [-0.4, -0.2) is 72.5 Å². The van der Waals surface area contributed by atoms with E-state index < -0.39 is 0 Å². The summed E-state index contributed by atoms with van der Waals surface area (Å²) in [5.74, 6) is 1.33. The van der Waals surface area contributed by atoms with E-state index in [0.29, 0.717) is 18.5 Å². The highest BCUT2D eigenvalue weighted by atomic mass is 16.5. The van der Waals surface area contributed by atoms with E-state index in [4.69, 9.17) is 14.0 Å². The molecule has 23 heavy (non-hydrogen) atoms. The molecule has 0 radical (unpaired) electrons. The molecule has 0 aliphatic carbocycles. The quantitative estimate of drug-likeness (QED) is 0.749. The minimum absolute atomic E-state index is 0.382. The largest absolute Gasteiger partial charge is 0.379 e. The summed E-state index contributed by atoms with van der Waals surface area (Å²) in [6.45, 7) is 7.33. The van der Waals surface area contributed by atoms with E-state index in [1.807, 2.05) is 0 Å². The van der Waals surface area contributed by atoms with Gasteiger partial charge in [0, 0.05) is 26.2 Å². The molecule has 0 bridgehead atoms. The standard InChI is InChI=1S/C16H28N4O3/c1-21-13-16-17-15(18-23-16)12-20-6-3-2-4-14(20)5-7-19-8-10-22-11-9-19/h14H,2-13H2,1H3. The number of nitrogens with zero attached hydrogens (tertiary/aromatic N) is 4. The second-order valence-electron chi connectivity index (χ2n) is 6.40. The van der Waals surface area contributed by atoms with Crippen molar-refractivity contribution in [1.82, 2.24) is 19.9 Å². The number of rotatable bonds is 7. The molecule has 3 heterocycles. The zero-order valence-electron chi connectivity index (χ0n) is 14.1. The molecular weight excluding hydrogens is 296 g/mol. The summed E-state index contributed by atoms with van der Waals surface area (Å²) in [5, 5.41) is 4.08. The highest BCUT2D eigenvalue weighted by molar-refractivity contribution is 4.88. The Bertz CT molecular complexity index is 462. The second kappa shape index (κ2) is 8.73. The van der Waals surface area contributed by atoms with Crippen molar-refractivity contribution in [3.05, 3.63) is 11.7 Å². The van der Waals surface area contributed by atoms with E-state index in [-0.39, 0.29) is 0 Å². The van der Waals surface area contributed by atoms with Gasteiger partial charge in [0.25, 0.3) is 5.89 Å². The van der Waals surface area contributed by atoms with E-state index in [9.17, 15) is 0 Å². The first-order chi connectivity index (χ1) is 11.3. The average molecular weight is 324 g/mol. The maximum absolute atomic E-state index is 5.42. The summed E-state index contributed by atoms with van der Waals surface area (Å²) in [5.41, 5.74) is 0. The lowest BCUT2D eigenvalue weighted by Gasteiger charge is -2.36. The first-order valence-corrected chi connectivity index (χ1v) is 8.69. The molecule has 1 atom stereocenters. The lowest BCUT2D eigenvalue weighted by Crippen LogP contribution is -2.43. The molecule has 2 aliphatic rings. The van der Waals surface area contributed by atoms with Gasteiger partial charge >= 0.3 is 0 Å². The zero-order valence-corrected chi connectivity index (χ0v) is 14.1. The van der Waals surface area contributed by atoms with Gasteiger partial charge in [-0.1, -0.05) is 11.6 Å². The maximum atomic E-state index is 5.42. The summed E-state index contributed by atoms with van der Waals surface area (Å²) < 4.78 is 15.7. The van der Waals surface area contributed by atoms with Crippen molar-refractivity contribution in [1.29, 1.82) is 0 Å². The molecule has 3 rings (SSSR count). The van der Waals surface area contributed by atoms with Gasteiger partial charge in [0.05, 0.1) is 19.8 Å². The number of hydrogen-bond donors (Lipinski definition) is 0. The number of piperidine rings is 1. The van der Waals surface area contributed by atoms with Crippen LogP contribution in [0, 0.1) is 0 Å². The Hall–Kier alpha value is -1.02. The highest BCUT2D eigenvalue weighted by Gasteiger charge is 2.25. The van der Waals surface area contributed by atoms with Gasteiger partial charge in [0.1, 0.15) is 6.61 Å². The number of methoxy groups -OCH3 is 1. The van der Waals surface area contributed by atoms with Crippen LogP contribution < -0.4 is 0 Å². The van der Waals surface area contributed by atoms with Gasteiger partial charge < -0.3 is 14.0 Å². The van der Waals surface area contributed by atoms with Crippen LogP contribution >= 0.6 is 0 Å². The number of likely N-dealkylation sites (tertiary alicyclic amines) is 1. The average Bonchev–Trinajstić information content (AvgIpc) is 3.03. The smallest absolute Gasteiger partial charge is 0.252 e. The van der Waals surface area contributed by atoms with Crippen molar-refractivity contribution in [2.75, 3.05) is 46.5 Å². The van der Waals surface area contributed by atoms with Gasteiger partial charge in [-0.05, 0) is 32.4 Å². The molecule has 2 fully saturated rings. The van der Waals surface area contributed by atoms with E-state index in [2.05, 4.69) is 19.9 Å². The van der Waals surface area contributed by atoms with Gasteiger partial charge in [0.2, 0.25) is 0 Å². The zero-order chi connectivity index (χ0) is 15.9. The third-order valence-electron chi connectivity index (χ3n) is 4.75. The summed E-state index contributed by atoms with van der Waals surface area (Å²) in [7, 11) is 1.64. The Morgan fingerprint density at radius 1 is 1.22 bits per heavy atom. The Kier molecular flexibility index (Phi) is 6.38. The maximum Gasteiger partial charge on any atom is 0.252 e. The topological polar surface area (TPSA) is 63.9 Å². The van der Waals surface area contributed by atoms with Crippen LogP contribution in [0.5, 0.6) is 0 Å². The minimum atomic E-state index is 0.382. The summed E-state index contributed by atoms with van der Waals surface area (Å²) >= 11 is 0. The number of aromatic nitrogens is 2. The highest BCUT2D eigenvalue weighted by Crippen LogP contribution is 2.22. The predicted molar refractivity (Wildman–Crippen MR) is 84.9 cm³/mol. The molecule has 0 spiro atoms. The van der Waals surface area contributed by atoms with Crippen molar-refractivity contribution in [3.63, 3.8) is 0 Å². The molecule has 130 valence electrons. The van der Waals surface area contributed by atoms with Crippen molar-refractivity contribution >= 4 is 0 Å². The first kappa shape index (κ1) is 16.8. The molecule has 2 saturated heterocycles. The Balaban J connectivity index is 1.50. The van der Waals surface area contributed by atoms with Crippen LogP contribution in [0.25, 0.3) is 0 Å². The third kappa shape index (κ3) is 4.97. The van der Waals surface area contributed by atoms with Crippen molar-refractivity contribution in [2.24, 2.45) is 0 Å². The van der Waals surface area contributed by atoms with Crippen LogP contribution in [0.2, 0.25) is 0 Å². The summed E-state index contributed by atoms with van der Waals surface area (Å²) in [6.07, 6.45) is 5.07. The molecule has 0 amide bonds. The van der Waals surface area contributed by atoms with Crippen LogP contribution in [0.1, 0.15) is 37.4 Å². The van der Waals surface area contributed by atoms with E-state index in [0.717, 1.165) is 51.8 Å². The van der Waals surface area contributed by atoms with Gasteiger partial charge in [-0.25, -0.2) is 0 Å². The van der Waals surface area contributed by atoms with E-state index in [1.165, 1.54) is 25.7 Å². The number of ether oxygens (including phenoxy) is 2. The molecule has 1 aromatic rings. The van der Waals surface area contributed by atoms with Gasteiger partial charge in [-0.15, -0.1) is 0 Å². The normalized spacial score (nSPS) is 24.1. The number of hydrogen-bond acceptors (Lipinski definition) is 7. The number of morpholine rings is 1. The third-order valence-corrected chi connectivity index (χ3v) is 4.75. The molecule has 7 nitrogen and oxygen atoms in total. The van der Waals surface area contributed by atoms with Gasteiger partial charge in [-0.2, -0.15) is 4.98 Å². The first-order valence-electron chi connectivity index (χ1n) is 8.69. The fourth-order valence-corrected chi connectivity index (χ4v) is 3.47. The molecule has 0 aromatic carbocycles. The van der Waals surface area contributed by atoms with Crippen LogP contribution in [-0.2, 0) is 22.6 Å². The van der Waals surface area contributed by atoms with Crippen LogP contribution in [0.3, 0.4) is 0 Å². The molecule has 7 heteroatoms. The molecular formula is C16H28N4O3. The fourth-order valence-electron chi connectivity index (χ4n) is 3.47. The minimum Gasteiger partial charge on any atom is -0.379 e. The Morgan fingerprint density at radius 2 is 2.09 bits per heavy atom. The second-order valence-corrected chi connectivity index (χ2v) is 6.40. The van der Waals surface area contributed by atoms with Crippen LogP contribution in [0.4, 0.5) is 0 Å². The molecule has 2 aliphatic heterocycles. The predicted octanol–water partition coefficient (Wildman–Crippen LogP) is 1.29. The Labute approximate surface area is 137 Å². The lowest BCUT2D eigenvalue weighted by molar-refractivity contribution is 0.0300. The van der Waals surface area contributed by atoms with Crippen molar-refractivity contribution < 1.29 is 14.0 Å². The van der Waals surface area contributed by atoms with Crippen LogP contribution in [0.15, 0.2) is 4.52 Å². The molecule has 1 unspecified atom stereocenters. The van der Waals surface area contributed by atoms with E-state index in [1.54, 1.807) is 7.11 Å². The molecule has 1 aromatic heterocycles. The lowest BCUT2D eigenvalue weighted by atomic mass is 9.99. The van der Waals surface area contributed by atoms with E-state index >= 15 is 0 Å². The van der Waals surface area contributed by atoms with Gasteiger partial charge in [-0.3, -0.25) is 9.80 Å². The van der Waals surface area contributed by atoms with Gasteiger partial charge in [0.15, 0.2) is 5.82 Å². The molecule has 0 N–H and O–H groups in total. The fraction of sp³-hybridized carbons (Fsp3) is 0.875. The van der Waals surface area contributed by atoms with Crippen molar-refractivity contribution in [2.45, 2.75) is 44.9 Å².